The van der Waals surface area contributed by atoms with Crippen LogP contribution in [0.3, 0.4) is 0 Å². The predicted molar refractivity (Wildman–Crippen MR) is 69.5 cm³/mol. The average Bonchev–Trinajstić information content (AvgIpc) is 2.65. The Labute approximate surface area is 112 Å². The van der Waals surface area contributed by atoms with Crippen LogP contribution in [0.2, 0.25) is 10.0 Å². The molecule has 0 radical (unpaired) electrons. The lowest BCUT2D eigenvalue weighted by Crippen LogP contribution is -2.12. The Morgan fingerprint density at radius 1 is 1.35 bits per heavy atom. The van der Waals surface area contributed by atoms with Crippen molar-refractivity contribution in [3.05, 3.63) is 33.8 Å². The molecule has 0 spiro atoms. The van der Waals surface area contributed by atoms with Gasteiger partial charge >= 0.3 is 0 Å². The third-order valence-corrected chi connectivity index (χ3v) is 3.26. The summed E-state index contributed by atoms with van der Waals surface area (Å²) in [6, 6.07) is 5.36. The first-order valence-electron chi connectivity index (χ1n) is 5.78. The maximum atomic E-state index is 6.12. The lowest BCUT2D eigenvalue weighted by atomic mass is 10.1. The fraction of sp³-hybridized carbons (Fsp3) is 0.538. The lowest BCUT2D eigenvalue weighted by Gasteiger charge is -2.14. The van der Waals surface area contributed by atoms with E-state index < -0.39 is 0 Å². The Kier molecular flexibility index (Phi) is 4.31. The minimum atomic E-state index is -0.358. The minimum absolute atomic E-state index is 0.159. The van der Waals surface area contributed by atoms with Crippen molar-refractivity contribution in [2.24, 2.45) is 5.92 Å². The SMILES string of the molecule is CC(C)C[C@@H]1CO[C@H](c2ccc(Cl)cc2Cl)O1. The maximum Gasteiger partial charge on any atom is 0.185 e. The molecule has 0 amide bonds. The Balaban J connectivity index is 2.05. The third kappa shape index (κ3) is 3.35. The molecule has 94 valence electrons. The molecule has 1 aliphatic heterocycles. The number of rotatable bonds is 3. The molecule has 17 heavy (non-hydrogen) atoms. The Morgan fingerprint density at radius 2 is 2.12 bits per heavy atom. The van der Waals surface area contributed by atoms with E-state index in [0.29, 0.717) is 22.6 Å². The standard InChI is InChI=1S/C13H16Cl2O2/c1-8(2)5-10-7-16-13(17-10)11-4-3-9(14)6-12(11)15/h3-4,6,8,10,13H,5,7H2,1-2H3/t10-,13+/m1/s1. The van der Waals surface area contributed by atoms with Crippen molar-refractivity contribution in [2.75, 3.05) is 6.61 Å². The van der Waals surface area contributed by atoms with Crippen LogP contribution in [-0.4, -0.2) is 12.7 Å². The highest BCUT2D eigenvalue weighted by Gasteiger charge is 2.29. The average molecular weight is 275 g/mol. The lowest BCUT2D eigenvalue weighted by molar-refractivity contribution is -0.0625. The number of halogens is 2. The van der Waals surface area contributed by atoms with Crippen LogP contribution in [0.15, 0.2) is 18.2 Å². The van der Waals surface area contributed by atoms with E-state index in [1.165, 1.54) is 0 Å². The summed E-state index contributed by atoms with van der Waals surface area (Å²) in [5.41, 5.74) is 0.849. The molecular formula is C13H16Cl2O2. The van der Waals surface area contributed by atoms with Gasteiger partial charge in [-0.25, -0.2) is 0 Å². The molecule has 1 fully saturated rings. The normalized spacial score (nSPS) is 24.5. The molecule has 1 aromatic carbocycles. The molecular weight excluding hydrogens is 259 g/mol. The van der Waals surface area contributed by atoms with Gasteiger partial charge in [0, 0.05) is 10.6 Å². The van der Waals surface area contributed by atoms with E-state index in [1.54, 1.807) is 12.1 Å². The van der Waals surface area contributed by atoms with Crippen LogP contribution >= 0.6 is 23.2 Å². The van der Waals surface area contributed by atoms with E-state index in [9.17, 15) is 0 Å². The number of hydrogen-bond acceptors (Lipinski definition) is 2. The van der Waals surface area contributed by atoms with E-state index in [1.807, 2.05) is 6.07 Å². The Bertz CT molecular complexity index is 393. The zero-order valence-corrected chi connectivity index (χ0v) is 11.5. The van der Waals surface area contributed by atoms with Crippen LogP contribution in [0.25, 0.3) is 0 Å². The fourth-order valence-corrected chi connectivity index (χ4v) is 2.45. The Hall–Kier alpha value is -0.280. The summed E-state index contributed by atoms with van der Waals surface area (Å²) in [5, 5.41) is 1.21. The van der Waals surface area contributed by atoms with Crippen molar-refractivity contribution < 1.29 is 9.47 Å². The molecule has 2 rings (SSSR count). The van der Waals surface area contributed by atoms with Gasteiger partial charge in [0.2, 0.25) is 0 Å². The molecule has 2 atom stereocenters. The second-order valence-corrected chi connectivity index (χ2v) is 5.56. The zero-order chi connectivity index (χ0) is 12.4. The Morgan fingerprint density at radius 3 is 2.76 bits per heavy atom. The molecule has 0 aromatic heterocycles. The highest BCUT2D eigenvalue weighted by molar-refractivity contribution is 6.35. The number of benzene rings is 1. The highest BCUT2D eigenvalue weighted by Crippen LogP contribution is 2.34. The molecule has 4 heteroatoms. The first-order valence-corrected chi connectivity index (χ1v) is 6.54. The van der Waals surface area contributed by atoms with Gasteiger partial charge in [-0.3, -0.25) is 0 Å². The van der Waals surface area contributed by atoms with Gasteiger partial charge in [0.15, 0.2) is 6.29 Å². The summed E-state index contributed by atoms with van der Waals surface area (Å²) in [6.45, 7) is 4.97. The summed E-state index contributed by atoms with van der Waals surface area (Å²) in [5.74, 6) is 0.600. The van der Waals surface area contributed by atoms with Crippen molar-refractivity contribution >= 4 is 23.2 Å². The van der Waals surface area contributed by atoms with Crippen LogP contribution in [0.4, 0.5) is 0 Å². The van der Waals surface area contributed by atoms with Gasteiger partial charge in [-0.1, -0.05) is 43.1 Å². The quantitative estimate of drug-likeness (QED) is 0.811. The summed E-state index contributed by atoms with van der Waals surface area (Å²) < 4.78 is 11.5. The van der Waals surface area contributed by atoms with E-state index in [-0.39, 0.29) is 12.4 Å². The molecule has 1 aromatic rings. The molecule has 1 heterocycles. The molecule has 0 aliphatic carbocycles. The topological polar surface area (TPSA) is 18.5 Å². The van der Waals surface area contributed by atoms with Gasteiger partial charge in [-0.05, 0) is 24.5 Å². The molecule has 0 unspecified atom stereocenters. The highest BCUT2D eigenvalue weighted by atomic mass is 35.5. The third-order valence-electron chi connectivity index (χ3n) is 2.70. The van der Waals surface area contributed by atoms with E-state index in [2.05, 4.69) is 13.8 Å². The summed E-state index contributed by atoms with van der Waals surface area (Å²) in [4.78, 5) is 0. The zero-order valence-electron chi connectivity index (χ0n) is 9.95. The molecule has 1 saturated heterocycles. The van der Waals surface area contributed by atoms with Crippen molar-refractivity contribution in [1.82, 2.24) is 0 Å². The van der Waals surface area contributed by atoms with Gasteiger partial charge in [0.25, 0.3) is 0 Å². The molecule has 0 saturated carbocycles. The van der Waals surface area contributed by atoms with E-state index in [4.69, 9.17) is 32.7 Å². The van der Waals surface area contributed by atoms with Crippen LogP contribution < -0.4 is 0 Å². The van der Waals surface area contributed by atoms with Gasteiger partial charge < -0.3 is 9.47 Å². The van der Waals surface area contributed by atoms with Crippen molar-refractivity contribution in [1.29, 1.82) is 0 Å². The van der Waals surface area contributed by atoms with E-state index in [0.717, 1.165) is 12.0 Å². The number of hydrogen-bond donors (Lipinski definition) is 0. The van der Waals surface area contributed by atoms with Crippen LogP contribution in [0.5, 0.6) is 0 Å². The second-order valence-electron chi connectivity index (χ2n) is 4.72. The molecule has 1 aliphatic rings. The minimum Gasteiger partial charge on any atom is -0.346 e. The largest absolute Gasteiger partial charge is 0.346 e. The number of ether oxygens (including phenoxy) is 2. The predicted octanol–water partition coefficient (Wildman–Crippen LogP) is 4.45. The van der Waals surface area contributed by atoms with Crippen molar-refractivity contribution in [3.8, 4) is 0 Å². The molecule has 0 bridgehead atoms. The van der Waals surface area contributed by atoms with Crippen LogP contribution in [0, 0.1) is 5.92 Å². The van der Waals surface area contributed by atoms with Gasteiger partial charge in [-0.15, -0.1) is 0 Å². The molecule has 2 nitrogen and oxygen atoms in total. The maximum absolute atomic E-state index is 6.12. The summed E-state index contributed by atoms with van der Waals surface area (Å²) in [6.07, 6.45) is 0.803. The summed E-state index contributed by atoms with van der Waals surface area (Å²) in [7, 11) is 0. The first-order chi connectivity index (χ1) is 8.06. The first kappa shape index (κ1) is 13.2. The fourth-order valence-electron chi connectivity index (χ4n) is 1.95. The monoisotopic (exact) mass is 274 g/mol. The van der Waals surface area contributed by atoms with Crippen molar-refractivity contribution in [2.45, 2.75) is 32.7 Å². The van der Waals surface area contributed by atoms with Gasteiger partial charge in [0.05, 0.1) is 17.7 Å². The van der Waals surface area contributed by atoms with Crippen molar-refractivity contribution in [3.63, 3.8) is 0 Å². The van der Waals surface area contributed by atoms with Gasteiger partial charge in [0.1, 0.15) is 0 Å². The second kappa shape index (κ2) is 5.57. The van der Waals surface area contributed by atoms with Crippen LogP contribution in [0.1, 0.15) is 32.1 Å². The molecule has 0 N–H and O–H groups in total. The van der Waals surface area contributed by atoms with Gasteiger partial charge in [-0.2, -0.15) is 0 Å². The van der Waals surface area contributed by atoms with Crippen LogP contribution in [-0.2, 0) is 9.47 Å². The smallest absolute Gasteiger partial charge is 0.185 e. The van der Waals surface area contributed by atoms with E-state index >= 15 is 0 Å². The summed E-state index contributed by atoms with van der Waals surface area (Å²) >= 11 is 12.0.